The summed E-state index contributed by atoms with van der Waals surface area (Å²) in [7, 11) is -0.599. The number of alkyl halides is 1. The molecule has 0 amide bonds. The molecule has 2 atom stereocenters. The lowest BCUT2D eigenvalue weighted by Gasteiger charge is -2.11. The quantitative estimate of drug-likeness (QED) is 0.339. The van der Waals surface area contributed by atoms with Gasteiger partial charge in [0.2, 0.25) is 0 Å². The first-order chi connectivity index (χ1) is 4.22. The molecule has 2 unspecified atom stereocenters. The van der Waals surface area contributed by atoms with Gasteiger partial charge in [-0.25, -0.2) is 0 Å². The Hall–Kier alpha value is 0.247. The second kappa shape index (κ2) is 5.07. The summed E-state index contributed by atoms with van der Waals surface area (Å²) in [5, 5.41) is 0.424. The summed E-state index contributed by atoms with van der Waals surface area (Å²) in [6.07, 6.45) is 2.90. The maximum atomic E-state index is 6.02. The molecule has 0 bridgehead atoms. The van der Waals surface area contributed by atoms with Crippen LogP contribution in [0, 0.1) is 0 Å². The zero-order valence-electron chi connectivity index (χ0n) is 6.23. The summed E-state index contributed by atoms with van der Waals surface area (Å²) in [5.41, 5.74) is 0. The fraction of sp³-hybridized carbons (Fsp3) is 0.714. The summed E-state index contributed by atoms with van der Waals surface area (Å²) < 4.78 is 0. The van der Waals surface area contributed by atoms with Gasteiger partial charge in [-0.2, -0.15) is 0 Å². The lowest BCUT2D eigenvalue weighted by Crippen LogP contribution is -2.20. The van der Waals surface area contributed by atoms with Crippen LogP contribution < -0.4 is 0 Å². The Morgan fingerprint density at radius 2 is 2.33 bits per heavy atom. The van der Waals surface area contributed by atoms with E-state index in [-0.39, 0.29) is 0 Å². The van der Waals surface area contributed by atoms with E-state index in [0.29, 0.717) is 5.00 Å². The van der Waals surface area contributed by atoms with E-state index in [9.17, 15) is 0 Å². The van der Waals surface area contributed by atoms with Crippen molar-refractivity contribution < 1.29 is 0 Å². The van der Waals surface area contributed by atoms with Crippen molar-refractivity contribution in [2.24, 2.45) is 0 Å². The van der Waals surface area contributed by atoms with Gasteiger partial charge in [0.1, 0.15) is 0 Å². The average Bonchev–Trinajstić information content (AvgIpc) is 1.87. The molecule has 2 heteroatoms. The molecule has 54 valence electrons. The van der Waals surface area contributed by atoms with Crippen LogP contribution >= 0.6 is 11.6 Å². The van der Waals surface area contributed by atoms with Crippen LogP contribution in [-0.2, 0) is 0 Å². The SMILES string of the molecule is C=CCC(Cl)[SiH](C)CC. The highest BCUT2D eigenvalue weighted by molar-refractivity contribution is 6.68. The van der Waals surface area contributed by atoms with Crippen molar-refractivity contribution in [3.8, 4) is 0 Å². The minimum absolute atomic E-state index is 0.424. The van der Waals surface area contributed by atoms with E-state index in [1.165, 1.54) is 6.04 Å². The van der Waals surface area contributed by atoms with E-state index in [1.54, 1.807) is 0 Å². The summed E-state index contributed by atoms with van der Waals surface area (Å²) in [4.78, 5) is 0. The van der Waals surface area contributed by atoms with E-state index < -0.39 is 8.80 Å². The average molecular weight is 163 g/mol. The number of rotatable bonds is 4. The molecule has 0 aliphatic carbocycles. The minimum atomic E-state index is -0.599. The Balaban J connectivity index is 3.44. The molecular weight excluding hydrogens is 148 g/mol. The van der Waals surface area contributed by atoms with Gasteiger partial charge in [-0.1, -0.05) is 25.6 Å². The summed E-state index contributed by atoms with van der Waals surface area (Å²) in [6, 6.07) is 1.29. The highest BCUT2D eigenvalue weighted by Crippen LogP contribution is 2.09. The van der Waals surface area contributed by atoms with E-state index >= 15 is 0 Å². The largest absolute Gasteiger partial charge is 0.127 e. The van der Waals surface area contributed by atoms with Crippen LogP contribution in [0.5, 0.6) is 0 Å². The second-order valence-corrected chi connectivity index (χ2v) is 6.98. The van der Waals surface area contributed by atoms with Gasteiger partial charge in [-0.15, -0.1) is 18.2 Å². The maximum Gasteiger partial charge on any atom is 0.0550 e. The van der Waals surface area contributed by atoms with Crippen LogP contribution in [0.1, 0.15) is 13.3 Å². The zero-order chi connectivity index (χ0) is 7.28. The molecule has 0 radical (unpaired) electrons. The molecule has 0 aliphatic heterocycles. The highest BCUT2D eigenvalue weighted by Gasteiger charge is 2.10. The van der Waals surface area contributed by atoms with E-state index in [0.717, 1.165) is 6.42 Å². The van der Waals surface area contributed by atoms with Crippen LogP contribution in [0.3, 0.4) is 0 Å². The fourth-order valence-corrected chi connectivity index (χ4v) is 2.48. The minimum Gasteiger partial charge on any atom is -0.127 e. The molecule has 0 aliphatic rings. The third-order valence-electron chi connectivity index (χ3n) is 1.65. The maximum absolute atomic E-state index is 6.02. The number of halogens is 1. The van der Waals surface area contributed by atoms with Crippen molar-refractivity contribution in [1.82, 2.24) is 0 Å². The van der Waals surface area contributed by atoms with Crippen LogP contribution in [0.15, 0.2) is 12.7 Å². The van der Waals surface area contributed by atoms with Gasteiger partial charge in [0.05, 0.1) is 8.80 Å². The van der Waals surface area contributed by atoms with Gasteiger partial charge in [-0.05, 0) is 6.42 Å². The van der Waals surface area contributed by atoms with Gasteiger partial charge in [0.25, 0.3) is 0 Å². The molecule has 0 saturated carbocycles. The van der Waals surface area contributed by atoms with Crippen LogP contribution in [0.25, 0.3) is 0 Å². The first-order valence-electron chi connectivity index (χ1n) is 3.47. The number of hydrogen-bond donors (Lipinski definition) is 0. The van der Waals surface area contributed by atoms with Crippen molar-refractivity contribution in [3.05, 3.63) is 12.7 Å². The Kier molecular flexibility index (Phi) is 5.20. The zero-order valence-corrected chi connectivity index (χ0v) is 8.14. The van der Waals surface area contributed by atoms with Crippen molar-refractivity contribution in [3.63, 3.8) is 0 Å². The molecule has 9 heavy (non-hydrogen) atoms. The Morgan fingerprint density at radius 3 is 2.67 bits per heavy atom. The number of allylic oxidation sites excluding steroid dienone is 1. The molecule has 0 heterocycles. The third kappa shape index (κ3) is 3.76. The van der Waals surface area contributed by atoms with Crippen molar-refractivity contribution in [1.29, 1.82) is 0 Å². The Morgan fingerprint density at radius 1 is 1.78 bits per heavy atom. The Bertz CT molecular complexity index is 83.0. The molecule has 0 fully saturated rings. The molecule has 0 spiro atoms. The van der Waals surface area contributed by atoms with Gasteiger partial charge in [0, 0.05) is 5.00 Å². The summed E-state index contributed by atoms with van der Waals surface area (Å²) in [5.74, 6) is 0. The standard InChI is InChI=1S/C7H15ClSi/c1-4-6-7(8)9(3)5-2/h4,7,9H,1,5-6H2,2-3H3. The summed E-state index contributed by atoms with van der Waals surface area (Å²) >= 11 is 6.02. The van der Waals surface area contributed by atoms with Crippen LogP contribution in [0.4, 0.5) is 0 Å². The van der Waals surface area contributed by atoms with Crippen molar-refractivity contribution in [2.45, 2.75) is 30.9 Å². The van der Waals surface area contributed by atoms with Gasteiger partial charge in [0.15, 0.2) is 0 Å². The van der Waals surface area contributed by atoms with Crippen molar-refractivity contribution in [2.75, 3.05) is 0 Å². The van der Waals surface area contributed by atoms with Gasteiger partial charge < -0.3 is 0 Å². The van der Waals surface area contributed by atoms with Crippen LogP contribution in [-0.4, -0.2) is 13.8 Å². The number of hydrogen-bond acceptors (Lipinski definition) is 0. The lowest BCUT2D eigenvalue weighted by atomic mass is 10.5. The van der Waals surface area contributed by atoms with Crippen molar-refractivity contribution >= 4 is 20.4 Å². The second-order valence-electron chi connectivity index (χ2n) is 2.43. The predicted molar refractivity (Wildman–Crippen MR) is 47.9 cm³/mol. The highest BCUT2D eigenvalue weighted by atomic mass is 35.5. The first-order valence-corrected chi connectivity index (χ1v) is 6.54. The van der Waals surface area contributed by atoms with E-state index in [2.05, 4.69) is 20.0 Å². The fourth-order valence-electron chi connectivity index (χ4n) is 0.647. The van der Waals surface area contributed by atoms with E-state index in [1.807, 2.05) is 6.08 Å². The molecule has 0 saturated heterocycles. The monoisotopic (exact) mass is 162 g/mol. The predicted octanol–water partition coefficient (Wildman–Crippen LogP) is 2.59. The molecule has 0 aromatic carbocycles. The first kappa shape index (κ1) is 9.25. The molecular formula is C7H15ClSi. The molecule has 0 aromatic heterocycles. The molecule has 0 rings (SSSR count). The molecule has 0 N–H and O–H groups in total. The van der Waals surface area contributed by atoms with E-state index in [4.69, 9.17) is 11.6 Å². The normalized spacial score (nSPS) is 16.8. The molecule has 0 aromatic rings. The Labute approximate surface area is 64.5 Å². The smallest absolute Gasteiger partial charge is 0.0550 e. The molecule has 0 nitrogen and oxygen atoms in total. The summed E-state index contributed by atoms with van der Waals surface area (Å²) in [6.45, 7) is 8.18. The lowest BCUT2D eigenvalue weighted by molar-refractivity contribution is 1.11. The van der Waals surface area contributed by atoms with Crippen LogP contribution in [0.2, 0.25) is 12.6 Å². The third-order valence-corrected chi connectivity index (χ3v) is 5.92. The van der Waals surface area contributed by atoms with Gasteiger partial charge >= 0.3 is 0 Å². The topological polar surface area (TPSA) is 0 Å². The van der Waals surface area contributed by atoms with Gasteiger partial charge in [-0.3, -0.25) is 0 Å².